The Morgan fingerprint density at radius 3 is 2.75 bits per heavy atom. The van der Waals surface area contributed by atoms with Crippen LogP contribution in [0.1, 0.15) is 44.1 Å². The van der Waals surface area contributed by atoms with E-state index < -0.39 is 10.1 Å². The second kappa shape index (κ2) is 6.99. The Morgan fingerprint density at radius 1 is 1.29 bits per heavy atom. The summed E-state index contributed by atoms with van der Waals surface area (Å²) in [4.78, 5) is 4.29. The van der Waals surface area contributed by atoms with Crippen molar-refractivity contribution in [3.8, 4) is 0 Å². The summed E-state index contributed by atoms with van der Waals surface area (Å²) in [7, 11) is -3.58. The van der Waals surface area contributed by atoms with E-state index in [0.717, 1.165) is 34.9 Å². The Morgan fingerprint density at radius 2 is 2.04 bits per heavy atom. The molecular formula is C18H20FNO3S. The highest BCUT2D eigenvalue weighted by Crippen LogP contribution is 2.38. The number of halogens is 1. The second-order valence-corrected chi connectivity index (χ2v) is 7.47. The molecule has 0 bridgehead atoms. The van der Waals surface area contributed by atoms with Gasteiger partial charge in [-0.15, -0.1) is 0 Å². The van der Waals surface area contributed by atoms with E-state index in [2.05, 4.69) is 4.98 Å². The largest absolute Gasteiger partial charge is 0.290 e. The molecule has 128 valence electrons. The fraction of sp³-hybridized carbons (Fsp3) is 0.389. The predicted octanol–water partition coefficient (Wildman–Crippen LogP) is 4.28. The van der Waals surface area contributed by atoms with Gasteiger partial charge in [-0.3, -0.25) is 9.17 Å². The molecule has 4 nitrogen and oxygen atoms in total. The Labute approximate surface area is 141 Å². The summed E-state index contributed by atoms with van der Waals surface area (Å²) in [5.74, 6) is 0.0141. The molecule has 1 aliphatic carbocycles. The molecule has 0 radical (unpaired) electrons. The predicted molar refractivity (Wildman–Crippen MR) is 91.5 cm³/mol. The van der Waals surface area contributed by atoms with Crippen LogP contribution in [0.15, 0.2) is 41.4 Å². The highest BCUT2D eigenvalue weighted by molar-refractivity contribution is 7.89. The van der Waals surface area contributed by atoms with Gasteiger partial charge in [-0.05, 0) is 68.4 Å². The van der Waals surface area contributed by atoms with Crippen LogP contribution in [0.4, 0.5) is 4.39 Å². The van der Waals surface area contributed by atoms with Crippen LogP contribution in [0.25, 0.3) is 10.9 Å². The molecule has 0 N–H and O–H groups in total. The Kier molecular flexibility index (Phi) is 4.96. The number of nitrogens with zero attached hydrogens (tertiary/aromatic N) is 1. The molecule has 1 aromatic carbocycles. The number of benzene rings is 1. The van der Waals surface area contributed by atoms with E-state index in [1.54, 1.807) is 19.2 Å². The van der Waals surface area contributed by atoms with E-state index in [4.69, 9.17) is 4.18 Å². The van der Waals surface area contributed by atoms with E-state index in [-0.39, 0.29) is 18.3 Å². The van der Waals surface area contributed by atoms with Gasteiger partial charge in [-0.1, -0.05) is 5.57 Å². The van der Waals surface area contributed by atoms with Gasteiger partial charge in [0, 0.05) is 11.6 Å². The van der Waals surface area contributed by atoms with Crippen LogP contribution in [0.5, 0.6) is 0 Å². The summed E-state index contributed by atoms with van der Waals surface area (Å²) < 4.78 is 41.8. The van der Waals surface area contributed by atoms with Crippen LogP contribution >= 0.6 is 0 Å². The minimum Gasteiger partial charge on any atom is -0.267 e. The van der Waals surface area contributed by atoms with Crippen LogP contribution < -0.4 is 0 Å². The van der Waals surface area contributed by atoms with Gasteiger partial charge in [-0.25, -0.2) is 4.39 Å². The van der Waals surface area contributed by atoms with Crippen LogP contribution in [0.2, 0.25) is 0 Å². The summed E-state index contributed by atoms with van der Waals surface area (Å²) in [5.41, 5.74) is 2.77. The Bertz CT molecular complexity index is 867. The lowest BCUT2D eigenvalue weighted by atomic mass is 9.81. The molecule has 24 heavy (non-hydrogen) atoms. The van der Waals surface area contributed by atoms with Gasteiger partial charge in [0.25, 0.3) is 10.1 Å². The standard InChI is InChI=1S/C18H20FNO3S/c1-2-23-24(21,22)12-13-3-5-14(6-4-13)16-9-10-20-18-8-7-15(19)11-17(16)18/h7-12,14H,2-6H2,1H3. The highest BCUT2D eigenvalue weighted by Gasteiger charge is 2.22. The number of aromatic nitrogens is 1. The summed E-state index contributed by atoms with van der Waals surface area (Å²) in [6, 6.07) is 6.58. The molecule has 2 aromatic rings. The van der Waals surface area contributed by atoms with Gasteiger partial charge >= 0.3 is 0 Å². The molecule has 0 unspecified atom stereocenters. The van der Waals surface area contributed by atoms with Crippen molar-refractivity contribution < 1.29 is 17.0 Å². The fourth-order valence-electron chi connectivity index (χ4n) is 3.32. The third-order valence-electron chi connectivity index (χ3n) is 4.40. The lowest BCUT2D eigenvalue weighted by Gasteiger charge is -2.25. The van der Waals surface area contributed by atoms with Crippen molar-refractivity contribution in [2.75, 3.05) is 6.61 Å². The highest BCUT2D eigenvalue weighted by atomic mass is 32.2. The van der Waals surface area contributed by atoms with Crippen molar-refractivity contribution in [2.24, 2.45) is 0 Å². The molecule has 1 aromatic heterocycles. The number of pyridine rings is 1. The van der Waals surface area contributed by atoms with Gasteiger partial charge in [0.15, 0.2) is 0 Å². The van der Waals surface area contributed by atoms with Gasteiger partial charge in [0.1, 0.15) is 5.82 Å². The fourth-order valence-corrected chi connectivity index (χ4v) is 4.36. The molecule has 1 heterocycles. The smallest absolute Gasteiger partial charge is 0.267 e. The minimum absolute atomic E-state index is 0.142. The van der Waals surface area contributed by atoms with E-state index in [1.165, 1.54) is 17.5 Å². The van der Waals surface area contributed by atoms with Crippen molar-refractivity contribution in [1.82, 2.24) is 4.98 Å². The third-order valence-corrected chi connectivity index (χ3v) is 5.58. The molecule has 3 rings (SSSR count). The lowest BCUT2D eigenvalue weighted by molar-refractivity contribution is 0.344. The minimum atomic E-state index is -3.58. The molecule has 0 atom stereocenters. The second-order valence-electron chi connectivity index (χ2n) is 6.01. The van der Waals surface area contributed by atoms with Crippen molar-refractivity contribution in [3.63, 3.8) is 0 Å². The molecular weight excluding hydrogens is 329 g/mol. The van der Waals surface area contributed by atoms with Crippen LogP contribution in [-0.4, -0.2) is 20.0 Å². The average Bonchev–Trinajstić information content (AvgIpc) is 2.54. The molecule has 1 aliphatic rings. The van der Waals surface area contributed by atoms with Crippen molar-refractivity contribution in [2.45, 2.75) is 38.5 Å². The van der Waals surface area contributed by atoms with Gasteiger partial charge in [0.05, 0.1) is 17.5 Å². The number of hydrogen-bond acceptors (Lipinski definition) is 4. The normalized spacial score (nSPS) is 18.8. The number of hydrogen-bond donors (Lipinski definition) is 0. The maximum absolute atomic E-state index is 13.6. The third kappa shape index (κ3) is 3.82. The van der Waals surface area contributed by atoms with Crippen molar-refractivity contribution >= 4 is 21.0 Å². The zero-order chi connectivity index (χ0) is 17.2. The first-order valence-electron chi connectivity index (χ1n) is 8.11. The molecule has 1 fully saturated rings. The van der Waals surface area contributed by atoms with Crippen molar-refractivity contribution in [1.29, 1.82) is 0 Å². The summed E-state index contributed by atoms with van der Waals surface area (Å²) in [6.45, 7) is 1.80. The zero-order valence-corrected chi connectivity index (χ0v) is 14.4. The molecule has 6 heteroatoms. The van der Waals surface area contributed by atoms with Crippen molar-refractivity contribution in [3.05, 3.63) is 52.8 Å². The van der Waals surface area contributed by atoms with Gasteiger partial charge in [-0.2, -0.15) is 8.42 Å². The first-order chi connectivity index (χ1) is 11.5. The SMILES string of the molecule is CCOS(=O)(=O)C=C1CCC(c2ccnc3ccc(F)cc23)CC1. The Hall–Kier alpha value is -1.79. The molecule has 0 spiro atoms. The quantitative estimate of drug-likeness (QED) is 0.773. The maximum atomic E-state index is 13.6. The molecule has 0 aliphatic heterocycles. The molecule has 0 saturated heterocycles. The lowest BCUT2D eigenvalue weighted by Crippen LogP contribution is -2.10. The average molecular weight is 349 g/mol. The van der Waals surface area contributed by atoms with Gasteiger partial charge < -0.3 is 0 Å². The Balaban J connectivity index is 1.81. The summed E-state index contributed by atoms with van der Waals surface area (Å²) >= 11 is 0. The zero-order valence-electron chi connectivity index (χ0n) is 13.5. The van der Waals surface area contributed by atoms with E-state index in [9.17, 15) is 12.8 Å². The van der Waals surface area contributed by atoms with E-state index in [0.29, 0.717) is 12.8 Å². The topological polar surface area (TPSA) is 56.3 Å². The molecule has 1 saturated carbocycles. The first kappa shape index (κ1) is 17.0. The first-order valence-corrected chi connectivity index (χ1v) is 9.58. The van der Waals surface area contributed by atoms with Crippen LogP contribution in [0.3, 0.4) is 0 Å². The van der Waals surface area contributed by atoms with Gasteiger partial charge in [0.2, 0.25) is 0 Å². The number of rotatable bonds is 4. The maximum Gasteiger partial charge on any atom is 0.290 e. The summed E-state index contributed by atoms with van der Waals surface area (Å²) in [5, 5.41) is 2.11. The van der Waals surface area contributed by atoms with Crippen LogP contribution in [-0.2, 0) is 14.3 Å². The number of fused-ring (bicyclic) bond motifs is 1. The monoisotopic (exact) mass is 349 g/mol. The molecule has 0 amide bonds. The summed E-state index contributed by atoms with van der Waals surface area (Å²) in [6.07, 6.45) is 4.83. The number of allylic oxidation sites excluding steroid dienone is 1. The van der Waals surface area contributed by atoms with E-state index >= 15 is 0 Å². The van der Waals surface area contributed by atoms with Crippen LogP contribution in [0, 0.1) is 5.82 Å². The van der Waals surface area contributed by atoms with E-state index in [1.807, 2.05) is 6.07 Å².